The molecule has 0 aliphatic carbocycles. The van der Waals surface area contributed by atoms with E-state index in [0.29, 0.717) is 33.7 Å². The molecular weight excluding hydrogens is 464 g/mol. The standard InChI is InChI=1S/C20H22Cl2FN5O2S/c1-28-20(25-26-27-28)31-7-3-6-24-11-14-8-18(29-2)19(10-17(14)22)30-12-13-4-5-15(23)9-16(13)21/h4-5,8-10,24H,3,6-7,11-12H2,1-2H3. The molecule has 3 rings (SSSR count). The zero-order valence-corrected chi connectivity index (χ0v) is 19.4. The minimum atomic E-state index is -0.393. The molecule has 166 valence electrons. The summed E-state index contributed by atoms with van der Waals surface area (Å²) in [5.74, 6) is 1.56. The summed E-state index contributed by atoms with van der Waals surface area (Å²) >= 11 is 14.1. The average molecular weight is 486 g/mol. The molecule has 0 unspecified atom stereocenters. The van der Waals surface area contributed by atoms with Gasteiger partial charge in [-0.15, -0.1) is 5.10 Å². The number of aromatic nitrogens is 4. The lowest BCUT2D eigenvalue weighted by atomic mass is 10.2. The van der Waals surface area contributed by atoms with E-state index in [9.17, 15) is 4.39 Å². The summed E-state index contributed by atoms with van der Waals surface area (Å²) in [7, 11) is 3.38. The first-order valence-corrected chi connectivity index (χ1v) is 11.2. The third-order valence-electron chi connectivity index (χ3n) is 4.36. The van der Waals surface area contributed by atoms with Gasteiger partial charge in [-0.05, 0) is 47.2 Å². The molecule has 0 bridgehead atoms. The lowest BCUT2D eigenvalue weighted by molar-refractivity contribution is 0.284. The maximum Gasteiger partial charge on any atom is 0.209 e. The summed E-state index contributed by atoms with van der Waals surface area (Å²) < 4.78 is 26.1. The van der Waals surface area contributed by atoms with Crippen molar-refractivity contribution in [2.45, 2.75) is 24.7 Å². The average Bonchev–Trinajstić information content (AvgIpc) is 3.15. The second-order valence-corrected chi connectivity index (χ2v) is 8.46. The van der Waals surface area contributed by atoms with Crippen LogP contribution in [0.2, 0.25) is 10.0 Å². The van der Waals surface area contributed by atoms with Crippen LogP contribution in [0.3, 0.4) is 0 Å². The van der Waals surface area contributed by atoms with Gasteiger partial charge in [0.1, 0.15) is 12.4 Å². The number of halogens is 3. The monoisotopic (exact) mass is 485 g/mol. The Balaban J connectivity index is 1.50. The highest BCUT2D eigenvalue weighted by Gasteiger charge is 2.12. The van der Waals surface area contributed by atoms with Crippen LogP contribution in [-0.2, 0) is 20.2 Å². The van der Waals surface area contributed by atoms with E-state index < -0.39 is 5.82 Å². The van der Waals surface area contributed by atoms with Gasteiger partial charge in [-0.3, -0.25) is 0 Å². The predicted molar refractivity (Wildman–Crippen MR) is 120 cm³/mol. The maximum atomic E-state index is 13.2. The topological polar surface area (TPSA) is 74.1 Å². The summed E-state index contributed by atoms with van der Waals surface area (Å²) in [6, 6.07) is 7.74. The second kappa shape index (κ2) is 11.5. The van der Waals surface area contributed by atoms with Gasteiger partial charge in [0.25, 0.3) is 0 Å². The number of hydrogen-bond acceptors (Lipinski definition) is 7. The Morgan fingerprint density at radius 1 is 1.13 bits per heavy atom. The van der Waals surface area contributed by atoms with Crippen molar-refractivity contribution < 1.29 is 13.9 Å². The number of nitrogens with zero attached hydrogens (tertiary/aromatic N) is 4. The van der Waals surface area contributed by atoms with Crippen LogP contribution < -0.4 is 14.8 Å². The fourth-order valence-electron chi connectivity index (χ4n) is 2.71. The van der Waals surface area contributed by atoms with Crippen molar-refractivity contribution in [2.75, 3.05) is 19.4 Å². The van der Waals surface area contributed by atoms with E-state index in [1.807, 2.05) is 13.1 Å². The van der Waals surface area contributed by atoms with Crippen molar-refractivity contribution in [1.82, 2.24) is 25.5 Å². The molecule has 0 atom stereocenters. The van der Waals surface area contributed by atoms with E-state index in [1.165, 1.54) is 12.1 Å². The van der Waals surface area contributed by atoms with Crippen LogP contribution in [0.1, 0.15) is 17.5 Å². The van der Waals surface area contributed by atoms with Crippen LogP contribution in [0, 0.1) is 5.82 Å². The lowest BCUT2D eigenvalue weighted by Gasteiger charge is -2.15. The van der Waals surface area contributed by atoms with E-state index in [2.05, 4.69) is 20.8 Å². The number of benzene rings is 2. The normalized spacial score (nSPS) is 11.0. The Kier molecular flexibility index (Phi) is 8.77. The van der Waals surface area contributed by atoms with Gasteiger partial charge in [-0.2, -0.15) is 0 Å². The summed E-state index contributed by atoms with van der Waals surface area (Å²) in [5.41, 5.74) is 1.57. The number of ether oxygens (including phenoxy) is 2. The minimum Gasteiger partial charge on any atom is -0.493 e. The number of tetrazole rings is 1. The summed E-state index contributed by atoms with van der Waals surface area (Å²) in [6.07, 6.45) is 0.950. The van der Waals surface area contributed by atoms with E-state index in [-0.39, 0.29) is 6.61 Å². The van der Waals surface area contributed by atoms with Crippen LogP contribution in [0.4, 0.5) is 4.39 Å². The number of nitrogens with one attached hydrogen (secondary N) is 1. The van der Waals surface area contributed by atoms with E-state index in [0.717, 1.165) is 29.4 Å². The fraction of sp³-hybridized carbons (Fsp3) is 0.350. The van der Waals surface area contributed by atoms with Crippen molar-refractivity contribution in [2.24, 2.45) is 7.05 Å². The third-order valence-corrected chi connectivity index (χ3v) is 6.16. The molecular formula is C20H22Cl2FN5O2S. The van der Waals surface area contributed by atoms with Crippen LogP contribution in [0.25, 0.3) is 0 Å². The molecule has 0 fully saturated rings. The predicted octanol–water partition coefficient (Wildman–Crippen LogP) is 4.52. The molecule has 3 aromatic rings. The van der Waals surface area contributed by atoms with Crippen LogP contribution >= 0.6 is 35.0 Å². The highest BCUT2D eigenvalue weighted by Crippen LogP contribution is 2.34. The van der Waals surface area contributed by atoms with Crippen molar-refractivity contribution >= 4 is 35.0 Å². The van der Waals surface area contributed by atoms with Crippen LogP contribution in [-0.4, -0.2) is 39.6 Å². The Hall–Kier alpha value is -2.07. The van der Waals surface area contributed by atoms with Crippen molar-refractivity contribution in [1.29, 1.82) is 0 Å². The van der Waals surface area contributed by atoms with Crippen molar-refractivity contribution in [3.63, 3.8) is 0 Å². The fourth-order valence-corrected chi connectivity index (χ4v) is 3.94. The summed E-state index contributed by atoms with van der Waals surface area (Å²) in [6.45, 7) is 1.58. The van der Waals surface area contributed by atoms with Gasteiger partial charge in [0, 0.05) is 36.0 Å². The molecule has 1 aromatic heterocycles. The van der Waals surface area contributed by atoms with Crippen LogP contribution in [0.15, 0.2) is 35.5 Å². The molecule has 1 N–H and O–H groups in total. The molecule has 0 radical (unpaired) electrons. The Morgan fingerprint density at radius 3 is 2.65 bits per heavy atom. The summed E-state index contributed by atoms with van der Waals surface area (Å²) in [4.78, 5) is 0. The molecule has 1 heterocycles. The Morgan fingerprint density at radius 2 is 1.94 bits per heavy atom. The number of hydrogen-bond donors (Lipinski definition) is 1. The van der Waals surface area contributed by atoms with Gasteiger partial charge in [0.15, 0.2) is 11.5 Å². The molecule has 0 aliphatic rings. The SMILES string of the molecule is COc1cc(CNCCCSc2nnnn2C)c(Cl)cc1OCc1ccc(F)cc1Cl. The quantitative estimate of drug-likeness (QED) is 0.316. The Bertz CT molecular complexity index is 1020. The highest BCUT2D eigenvalue weighted by molar-refractivity contribution is 7.99. The first kappa shape index (κ1) is 23.6. The molecule has 0 saturated carbocycles. The van der Waals surface area contributed by atoms with Crippen molar-refractivity contribution in [3.05, 3.63) is 57.3 Å². The smallest absolute Gasteiger partial charge is 0.209 e. The summed E-state index contributed by atoms with van der Waals surface area (Å²) in [5, 5.41) is 16.4. The molecule has 2 aromatic carbocycles. The maximum absolute atomic E-state index is 13.2. The highest BCUT2D eigenvalue weighted by atomic mass is 35.5. The number of aryl methyl sites for hydroxylation is 1. The van der Waals surface area contributed by atoms with Crippen molar-refractivity contribution in [3.8, 4) is 11.5 Å². The third kappa shape index (κ3) is 6.70. The lowest BCUT2D eigenvalue weighted by Crippen LogP contribution is -2.16. The van der Waals surface area contributed by atoms with Gasteiger partial charge >= 0.3 is 0 Å². The second-order valence-electron chi connectivity index (χ2n) is 6.58. The number of thioether (sulfide) groups is 1. The molecule has 0 saturated heterocycles. The largest absolute Gasteiger partial charge is 0.493 e. The van der Waals surface area contributed by atoms with Gasteiger partial charge < -0.3 is 14.8 Å². The molecule has 0 spiro atoms. The Labute approximate surface area is 194 Å². The molecule has 7 nitrogen and oxygen atoms in total. The zero-order valence-electron chi connectivity index (χ0n) is 17.1. The van der Waals surface area contributed by atoms with E-state index in [4.69, 9.17) is 32.7 Å². The number of methoxy groups -OCH3 is 1. The van der Waals surface area contributed by atoms with Gasteiger partial charge in [-0.1, -0.05) is 41.0 Å². The van der Waals surface area contributed by atoms with Gasteiger partial charge in [-0.25, -0.2) is 9.07 Å². The van der Waals surface area contributed by atoms with E-state index >= 15 is 0 Å². The molecule has 11 heteroatoms. The first-order valence-electron chi connectivity index (χ1n) is 9.47. The van der Waals surface area contributed by atoms with Gasteiger partial charge in [0.2, 0.25) is 5.16 Å². The van der Waals surface area contributed by atoms with Crippen LogP contribution in [0.5, 0.6) is 11.5 Å². The molecule has 31 heavy (non-hydrogen) atoms. The first-order chi connectivity index (χ1) is 15.0. The minimum absolute atomic E-state index is 0.169. The molecule has 0 aliphatic heterocycles. The zero-order chi connectivity index (χ0) is 22.2. The van der Waals surface area contributed by atoms with Gasteiger partial charge in [0.05, 0.1) is 12.1 Å². The van der Waals surface area contributed by atoms with E-state index in [1.54, 1.807) is 35.7 Å². The number of rotatable bonds is 11. The molecule has 0 amide bonds.